The molecule has 0 nitrogen and oxygen atoms in total. The van der Waals surface area contributed by atoms with Gasteiger partial charge in [-0.05, 0) is 5.92 Å². The molecule has 0 saturated carbocycles. The van der Waals surface area contributed by atoms with E-state index >= 15 is 0 Å². The molecule has 0 aromatic carbocycles. The Balaban J connectivity index is 3.23. The van der Waals surface area contributed by atoms with Crippen molar-refractivity contribution in [3.05, 3.63) is 6.92 Å². The van der Waals surface area contributed by atoms with Crippen LogP contribution in [0, 0.1) is 12.8 Å². The van der Waals surface area contributed by atoms with Gasteiger partial charge in [0, 0.05) is 0 Å². The van der Waals surface area contributed by atoms with Gasteiger partial charge in [0.25, 0.3) is 0 Å². The summed E-state index contributed by atoms with van der Waals surface area (Å²) in [5, 5.41) is 0. The SMILES string of the molecule is [CH2]CC(CCCCCCCCCCCCC)CCCCCCCCCCCCCCCCCCCCC. The van der Waals surface area contributed by atoms with Crippen LogP contribution in [-0.4, -0.2) is 0 Å². The predicted octanol–water partition coefficient (Wildman–Crippen LogP) is 14.3. The van der Waals surface area contributed by atoms with E-state index < -0.39 is 0 Å². The Morgan fingerprint density at radius 1 is 0.297 bits per heavy atom. The van der Waals surface area contributed by atoms with E-state index in [0.717, 1.165) is 12.3 Å². The zero-order valence-electron chi connectivity index (χ0n) is 26.6. The molecule has 0 aliphatic carbocycles. The van der Waals surface area contributed by atoms with Crippen molar-refractivity contribution in [2.75, 3.05) is 0 Å². The van der Waals surface area contributed by atoms with Gasteiger partial charge in [-0.2, -0.15) is 0 Å². The Morgan fingerprint density at radius 2 is 0.486 bits per heavy atom. The molecule has 0 aliphatic rings. The third-order valence-corrected chi connectivity index (χ3v) is 8.84. The molecule has 0 amide bonds. The van der Waals surface area contributed by atoms with Gasteiger partial charge < -0.3 is 0 Å². The van der Waals surface area contributed by atoms with Crippen molar-refractivity contribution in [1.82, 2.24) is 0 Å². The van der Waals surface area contributed by atoms with Gasteiger partial charge in [-0.25, -0.2) is 0 Å². The fourth-order valence-corrected chi connectivity index (χ4v) is 6.04. The van der Waals surface area contributed by atoms with Gasteiger partial charge in [0.15, 0.2) is 0 Å². The minimum Gasteiger partial charge on any atom is -0.0654 e. The molecule has 223 valence electrons. The van der Waals surface area contributed by atoms with Crippen LogP contribution in [-0.2, 0) is 0 Å². The van der Waals surface area contributed by atoms with Crippen molar-refractivity contribution in [3.63, 3.8) is 0 Å². The fraction of sp³-hybridized carbons (Fsp3) is 0.973. The van der Waals surface area contributed by atoms with Crippen molar-refractivity contribution in [1.29, 1.82) is 0 Å². The second kappa shape index (κ2) is 34.0. The van der Waals surface area contributed by atoms with E-state index in [1.54, 1.807) is 0 Å². The first kappa shape index (κ1) is 37.0. The van der Waals surface area contributed by atoms with E-state index in [0.29, 0.717) is 0 Å². The standard InChI is InChI=1S/C37H75/c1-4-7-9-11-13-15-17-18-19-20-21-22-23-24-26-28-30-32-34-36-37(6-3)35-33-31-29-27-25-16-14-12-10-8-5-2/h37H,3-36H2,1-2H3. The van der Waals surface area contributed by atoms with Crippen LogP contribution >= 0.6 is 0 Å². The molecule has 0 saturated heterocycles. The maximum atomic E-state index is 4.26. The second-order valence-corrected chi connectivity index (χ2v) is 12.6. The van der Waals surface area contributed by atoms with Gasteiger partial charge >= 0.3 is 0 Å². The molecule has 0 aliphatic heterocycles. The van der Waals surface area contributed by atoms with Gasteiger partial charge in [0.2, 0.25) is 0 Å². The fourth-order valence-electron chi connectivity index (χ4n) is 6.04. The number of hydrogen-bond donors (Lipinski definition) is 0. The third-order valence-electron chi connectivity index (χ3n) is 8.84. The van der Waals surface area contributed by atoms with Crippen LogP contribution in [0.2, 0.25) is 0 Å². The summed E-state index contributed by atoms with van der Waals surface area (Å²) < 4.78 is 0. The van der Waals surface area contributed by atoms with E-state index in [9.17, 15) is 0 Å². The molecular formula is C37H75. The number of hydrogen-bond acceptors (Lipinski definition) is 0. The lowest BCUT2D eigenvalue weighted by molar-refractivity contribution is 0.404. The van der Waals surface area contributed by atoms with Crippen molar-refractivity contribution >= 4 is 0 Å². The Kier molecular flexibility index (Phi) is 34.0. The zero-order valence-corrected chi connectivity index (χ0v) is 26.6. The molecule has 0 aromatic heterocycles. The van der Waals surface area contributed by atoms with Gasteiger partial charge in [0.05, 0.1) is 0 Å². The highest BCUT2D eigenvalue weighted by Gasteiger charge is 2.06. The van der Waals surface area contributed by atoms with Crippen LogP contribution in [0.25, 0.3) is 0 Å². The van der Waals surface area contributed by atoms with Crippen LogP contribution in [0.15, 0.2) is 0 Å². The minimum atomic E-state index is 0.907. The minimum absolute atomic E-state index is 0.907. The van der Waals surface area contributed by atoms with E-state index in [-0.39, 0.29) is 0 Å². The number of rotatable bonds is 33. The zero-order chi connectivity index (χ0) is 26.9. The summed E-state index contributed by atoms with van der Waals surface area (Å²) in [6.45, 7) is 8.87. The lowest BCUT2D eigenvalue weighted by Crippen LogP contribution is -1.99. The summed E-state index contributed by atoms with van der Waals surface area (Å²) in [7, 11) is 0. The first-order chi connectivity index (χ1) is 18.3. The maximum absolute atomic E-state index is 4.26. The molecule has 0 heterocycles. The molecule has 1 radical (unpaired) electrons. The van der Waals surface area contributed by atoms with Crippen molar-refractivity contribution < 1.29 is 0 Å². The third kappa shape index (κ3) is 32.1. The molecule has 0 rings (SSSR count). The predicted molar refractivity (Wildman–Crippen MR) is 173 cm³/mol. The monoisotopic (exact) mass is 520 g/mol. The molecule has 37 heavy (non-hydrogen) atoms. The largest absolute Gasteiger partial charge is 0.0654 e. The smallest absolute Gasteiger partial charge is 0.0414 e. The Labute approximate surface area is 238 Å². The molecule has 0 bridgehead atoms. The summed E-state index contributed by atoms with van der Waals surface area (Å²) in [6, 6.07) is 0. The van der Waals surface area contributed by atoms with Crippen molar-refractivity contribution in [2.24, 2.45) is 5.92 Å². The Morgan fingerprint density at radius 3 is 0.676 bits per heavy atom. The molecule has 0 aromatic rings. The van der Waals surface area contributed by atoms with Gasteiger partial charge in [-0.3, -0.25) is 0 Å². The molecule has 0 N–H and O–H groups in total. The molecule has 1 atom stereocenters. The second-order valence-electron chi connectivity index (χ2n) is 12.6. The van der Waals surface area contributed by atoms with Gasteiger partial charge in [0.1, 0.15) is 0 Å². The normalized spacial score (nSPS) is 12.4. The first-order valence-corrected chi connectivity index (χ1v) is 18.1. The highest BCUT2D eigenvalue weighted by Crippen LogP contribution is 2.22. The van der Waals surface area contributed by atoms with Crippen LogP contribution in [0.1, 0.15) is 226 Å². The first-order valence-electron chi connectivity index (χ1n) is 18.1. The summed E-state index contributed by atoms with van der Waals surface area (Å²) in [5.74, 6) is 0.907. The average molecular weight is 520 g/mol. The van der Waals surface area contributed by atoms with Crippen molar-refractivity contribution in [3.8, 4) is 0 Å². The summed E-state index contributed by atoms with van der Waals surface area (Å²) >= 11 is 0. The van der Waals surface area contributed by atoms with Crippen LogP contribution in [0.5, 0.6) is 0 Å². The van der Waals surface area contributed by atoms with E-state index in [2.05, 4.69) is 20.8 Å². The summed E-state index contributed by atoms with van der Waals surface area (Å²) in [6.07, 6.45) is 48.1. The van der Waals surface area contributed by atoms with Crippen molar-refractivity contribution in [2.45, 2.75) is 226 Å². The highest BCUT2D eigenvalue weighted by molar-refractivity contribution is 4.62. The maximum Gasteiger partial charge on any atom is -0.0414 e. The highest BCUT2D eigenvalue weighted by atomic mass is 14.1. The van der Waals surface area contributed by atoms with Crippen LogP contribution < -0.4 is 0 Å². The average Bonchev–Trinajstić information content (AvgIpc) is 2.91. The van der Waals surface area contributed by atoms with Crippen LogP contribution in [0.3, 0.4) is 0 Å². The lowest BCUT2D eigenvalue weighted by Gasteiger charge is -2.14. The summed E-state index contributed by atoms with van der Waals surface area (Å²) in [5.41, 5.74) is 0. The Bertz CT molecular complexity index is 372. The lowest BCUT2D eigenvalue weighted by atomic mass is 9.92. The quantitative estimate of drug-likeness (QED) is 0.0756. The van der Waals surface area contributed by atoms with Gasteiger partial charge in [-0.15, -0.1) is 0 Å². The van der Waals surface area contributed by atoms with Crippen LogP contribution in [0.4, 0.5) is 0 Å². The van der Waals surface area contributed by atoms with E-state index in [4.69, 9.17) is 0 Å². The topological polar surface area (TPSA) is 0 Å². The molecular weight excluding hydrogens is 444 g/mol. The summed E-state index contributed by atoms with van der Waals surface area (Å²) in [4.78, 5) is 0. The molecule has 0 fully saturated rings. The van der Waals surface area contributed by atoms with E-state index in [1.807, 2.05) is 0 Å². The molecule has 1 unspecified atom stereocenters. The number of unbranched alkanes of at least 4 members (excludes halogenated alkanes) is 28. The molecule has 0 heteroatoms. The van der Waals surface area contributed by atoms with Gasteiger partial charge in [-0.1, -0.05) is 233 Å². The van der Waals surface area contributed by atoms with E-state index in [1.165, 1.54) is 205 Å². The Hall–Kier alpha value is 0. The molecule has 0 spiro atoms.